The minimum absolute atomic E-state index is 0.155. The van der Waals surface area contributed by atoms with Crippen molar-refractivity contribution in [3.05, 3.63) is 35.2 Å². The highest BCUT2D eigenvalue weighted by Gasteiger charge is 2.44. The van der Waals surface area contributed by atoms with Crippen LogP contribution in [0.3, 0.4) is 0 Å². The maximum Gasteiger partial charge on any atom is 0.391 e. The first-order chi connectivity index (χ1) is 9.87. The number of rotatable bonds is 2. The molecule has 1 aromatic carbocycles. The van der Waals surface area contributed by atoms with Crippen LogP contribution in [0, 0.1) is 5.92 Å². The lowest BCUT2D eigenvalue weighted by molar-refractivity contribution is -0.184. The Balaban J connectivity index is 1.73. The van der Waals surface area contributed by atoms with Gasteiger partial charge in [-0.2, -0.15) is 13.2 Å². The topological polar surface area (TPSA) is 26.0 Å². The predicted molar refractivity (Wildman–Crippen MR) is 80.5 cm³/mol. The Morgan fingerprint density at radius 3 is 2.52 bits per heavy atom. The Kier molecular flexibility index (Phi) is 3.74. The summed E-state index contributed by atoms with van der Waals surface area (Å²) >= 11 is 1.67. The average molecular weight is 313 g/mol. The van der Waals surface area contributed by atoms with Gasteiger partial charge in [0.2, 0.25) is 0 Å². The third kappa shape index (κ3) is 3.09. The van der Waals surface area contributed by atoms with Crippen molar-refractivity contribution in [2.75, 3.05) is 0 Å². The molecule has 1 saturated carbocycles. The van der Waals surface area contributed by atoms with Gasteiger partial charge in [0.25, 0.3) is 0 Å². The number of alkyl halides is 3. The van der Waals surface area contributed by atoms with Gasteiger partial charge < -0.3 is 5.73 Å². The van der Waals surface area contributed by atoms with Crippen molar-refractivity contribution in [3.8, 4) is 0 Å². The zero-order chi connectivity index (χ0) is 15.1. The quantitative estimate of drug-likeness (QED) is 0.839. The number of thiophene rings is 1. The first-order valence-corrected chi connectivity index (χ1v) is 8.06. The molecule has 0 amide bonds. The fraction of sp³-hybridized carbons (Fsp3) is 0.500. The zero-order valence-corrected chi connectivity index (χ0v) is 12.4. The zero-order valence-electron chi connectivity index (χ0n) is 11.6. The molecule has 0 unspecified atom stereocenters. The molecule has 1 heterocycles. The highest BCUT2D eigenvalue weighted by molar-refractivity contribution is 7.17. The number of hydrogen-bond donors (Lipinski definition) is 1. The number of fused-ring (bicyclic) bond motifs is 1. The van der Waals surface area contributed by atoms with Crippen molar-refractivity contribution in [3.63, 3.8) is 0 Å². The van der Waals surface area contributed by atoms with E-state index < -0.39 is 17.6 Å². The van der Waals surface area contributed by atoms with Crippen LogP contribution in [0.1, 0.15) is 31.2 Å². The van der Waals surface area contributed by atoms with Crippen molar-refractivity contribution < 1.29 is 13.2 Å². The van der Waals surface area contributed by atoms with Crippen molar-refractivity contribution in [1.29, 1.82) is 0 Å². The molecule has 0 aliphatic heterocycles. The van der Waals surface area contributed by atoms with Crippen molar-refractivity contribution in [2.45, 2.75) is 43.8 Å². The fourth-order valence-corrected chi connectivity index (χ4v) is 4.21. The van der Waals surface area contributed by atoms with E-state index in [1.54, 1.807) is 11.3 Å². The lowest BCUT2D eigenvalue weighted by Crippen LogP contribution is -2.47. The minimum atomic E-state index is -4.07. The molecule has 3 rings (SSSR count). The molecule has 0 spiro atoms. The maximum absolute atomic E-state index is 12.7. The molecule has 5 heteroatoms. The second-order valence-corrected chi connectivity index (χ2v) is 7.02. The Hall–Kier alpha value is -1.07. The van der Waals surface area contributed by atoms with Crippen LogP contribution in [-0.4, -0.2) is 11.7 Å². The van der Waals surface area contributed by atoms with Crippen LogP contribution in [0.4, 0.5) is 13.2 Å². The summed E-state index contributed by atoms with van der Waals surface area (Å²) in [5.41, 5.74) is 7.06. The van der Waals surface area contributed by atoms with E-state index in [1.807, 2.05) is 12.1 Å². The van der Waals surface area contributed by atoms with E-state index in [-0.39, 0.29) is 12.8 Å². The van der Waals surface area contributed by atoms with Gasteiger partial charge in [0, 0.05) is 10.2 Å². The first kappa shape index (κ1) is 14.9. The Morgan fingerprint density at radius 1 is 1.19 bits per heavy atom. The van der Waals surface area contributed by atoms with Gasteiger partial charge in [-0.25, -0.2) is 0 Å². The molecule has 114 valence electrons. The van der Waals surface area contributed by atoms with E-state index >= 15 is 0 Å². The van der Waals surface area contributed by atoms with E-state index in [0.717, 1.165) is 0 Å². The summed E-state index contributed by atoms with van der Waals surface area (Å²) in [4.78, 5) is 0. The first-order valence-electron chi connectivity index (χ1n) is 7.18. The van der Waals surface area contributed by atoms with Gasteiger partial charge in [-0.3, -0.25) is 0 Å². The van der Waals surface area contributed by atoms with Gasteiger partial charge in [0.15, 0.2) is 0 Å². The van der Waals surface area contributed by atoms with Crippen LogP contribution >= 0.6 is 11.3 Å². The highest BCUT2D eigenvalue weighted by atomic mass is 32.1. The molecular formula is C16H18F3NS. The fourth-order valence-electron chi connectivity index (χ4n) is 3.25. The van der Waals surface area contributed by atoms with E-state index in [1.165, 1.54) is 15.6 Å². The summed E-state index contributed by atoms with van der Waals surface area (Å²) in [6.07, 6.45) is -2.20. The second kappa shape index (κ2) is 5.29. The summed E-state index contributed by atoms with van der Waals surface area (Å²) in [5, 5.41) is 3.28. The lowest BCUT2D eigenvalue weighted by Gasteiger charge is -2.37. The number of nitrogens with two attached hydrogens (primary N) is 1. The number of halogens is 3. The molecule has 0 saturated heterocycles. The maximum atomic E-state index is 12.7. The van der Waals surface area contributed by atoms with Crippen LogP contribution in [0.15, 0.2) is 29.6 Å². The van der Waals surface area contributed by atoms with E-state index in [9.17, 15) is 13.2 Å². The summed E-state index contributed by atoms with van der Waals surface area (Å²) in [6.45, 7) is 0. The third-order valence-electron chi connectivity index (χ3n) is 4.55. The molecule has 0 bridgehead atoms. The molecule has 1 nitrogen and oxygen atoms in total. The smallest absolute Gasteiger partial charge is 0.325 e. The van der Waals surface area contributed by atoms with Gasteiger partial charge >= 0.3 is 6.18 Å². The molecule has 1 aliphatic carbocycles. The van der Waals surface area contributed by atoms with Crippen LogP contribution < -0.4 is 5.73 Å². The normalized spacial score (nSPS) is 27.1. The third-order valence-corrected chi connectivity index (χ3v) is 5.56. The van der Waals surface area contributed by atoms with Gasteiger partial charge in [-0.15, -0.1) is 11.3 Å². The van der Waals surface area contributed by atoms with E-state index in [4.69, 9.17) is 5.73 Å². The van der Waals surface area contributed by atoms with Gasteiger partial charge in [0.1, 0.15) is 0 Å². The van der Waals surface area contributed by atoms with Crippen molar-refractivity contribution in [1.82, 2.24) is 0 Å². The SMILES string of the molecule is NC1(Cc2csc3ccccc23)CCC(C(F)(F)F)CC1. The molecule has 1 aliphatic rings. The summed E-state index contributed by atoms with van der Waals surface area (Å²) in [5.74, 6) is -1.17. The molecule has 1 fully saturated rings. The molecule has 0 atom stereocenters. The summed E-state index contributed by atoms with van der Waals surface area (Å²) < 4.78 is 39.4. The van der Waals surface area contributed by atoms with E-state index in [0.29, 0.717) is 19.3 Å². The standard InChI is InChI=1S/C16H18F3NS/c17-16(18,19)12-5-7-15(20,8-6-12)9-11-10-21-14-4-2-1-3-13(11)14/h1-4,10,12H,5-9,20H2. The lowest BCUT2D eigenvalue weighted by atomic mass is 9.74. The average Bonchev–Trinajstić information content (AvgIpc) is 2.81. The molecule has 21 heavy (non-hydrogen) atoms. The predicted octanol–water partition coefficient (Wildman–Crippen LogP) is 4.89. The van der Waals surface area contributed by atoms with Gasteiger partial charge in [-0.1, -0.05) is 18.2 Å². The summed E-state index contributed by atoms with van der Waals surface area (Å²) in [6, 6.07) is 8.11. The Labute approximate surface area is 126 Å². The molecule has 1 aromatic heterocycles. The molecular weight excluding hydrogens is 295 g/mol. The van der Waals surface area contributed by atoms with Crippen LogP contribution in [-0.2, 0) is 6.42 Å². The largest absolute Gasteiger partial charge is 0.391 e. The van der Waals surface area contributed by atoms with Gasteiger partial charge in [-0.05, 0) is 54.5 Å². The highest BCUT2D eigenvalue weighted by Crippen LogP contribution is 2.42. The number of benzene rings is 1. The van der Waals surface area contributed by atoms with Crippen LogP contribution in [0.2, 0.25) is 0 Å². The van der Waals surface area contributed by atoms with Crippen molar-refractivity contribution in [2.24, 2.45) is 11.7 Å². The summed E-state index contributed by atoms with van der Waals surface area (Å²) in [7, 11) is 0. The number of hydrogen-bond acceptors (Lipinski definition) is 2. The second-order valence-electron chi connectivity index (χ2n) is 6.11. The molecule has 2 N–H and O–H groups in total. The van der Waals surface area contributed by atoms with Crippen LogP contribution in [0.25, 0.3) is 10.1 Å². The van der Waals surface area contributed by atoms with Gasteiger partial charge in [0.05, 0.1) is 5.92 Å². The Bertz CT molecular complexity index is 624. The molecule has 2 aromatic rings. The Morgan fingerprint density at radius 2 is 1.86 bits per heavy atom. The van der Waals surface area contributed by atoms with E-state index in [2.05, 4.69) is 17.5 Å². The monoisotopic (exact) mass is 313 g/mol. The van der Waals surface area contributed by atoms with Crippen molar-refractivity contribution >= 4 is 21.4 Å². The molecule has 0 radical (unpaired) electrons. The minimum Gasteiger partial charge on any atom is -0.325 e. The van der Waals surface area contributed by atoms with Crippen LogP contribution in [0.5, 0.6) is 0 Å².